The molecule has 1 aromatic carbocycles. The van der Waals surface area contributed by atoms with Gasteiger partial charge in [0.05, 0.1) is 5.75 Å². The molecule has 1 amide bonds. The Hall–Kier alpha value is -1.51. The highest BCUT2D eigenvalue weighted by molar-refractivity contribution is 8.01. The number of halogens is 2. The number of nitrogens with one attached hydrogen (secondary N) is 1. The Morgan fingerprint density at radius 2 is 2.00 bits per heavy atom. The summed E-state index contributed by atoms with van der Waals surface area (Å²) in [7, 11) is 0. The SMILES string of the molecule is O=C(CCCl)Nc1nnc(SCC(=O)c2ccc(F)cc2)s1. The lowest BCUT2D eigenvalue weighted by molar-refractivity contribution is -0.115. The third-order valence-electron chi connectivity index (χ3n) is 2.47. The molecule has 0 aliphatic carbocycles. The molecule has 0 saturated carbocycles. The molecule has 2 rings (SSSR count). The van der Waals surface area contributed by atoms with Crippen molar-refractivity contribution in [1.82, 2.24) is 10.2 Å². The summed E-state index contributed by atoms with van der Waals surface area (Å²) in [5, 5.41) is 10.6. The number of carbonyl (C=O) groups excluding carboxylic acids is 2. The summed E-state index contributed by atoms with van der Waals surface area (Å²) < 4.78 is 13.4. The Kier molecular flexibility index (Phi) is 6.29. The number of alkyl halides is 1. The topological polar surface area (TPSA) is 72.0 Å². The number of thioether (sulfide) groups is 1. The lowest BCUT2D eigenvalue weighted by Crippen LogP contribution is -2.11. The van der Waals surface area contributed by atoms with Crippen molar-refractivity contribution in [2.75, 3.05) is 16.9 Å². The molecule has 0 saturated heterocycles. The predicted octanol–water partition coefficient (Wildman–Crippen LogP) is 3.22. The normalized spacial score (nSPS) is 10.5. The van der Waals surface area contributed by atoms with Crippen molar-refractivity contribution in [2.45, 2.75) is 10.8 Å². The van der Waals surface area contributed by atoms with Gasteiger partial charge in [0.1, 0.15) is 5.82 Å². The summed E-state index contributed by atoms with van der Waals surface area (Å²) in [4.78, 5) is 23.3. The number of rotatable bonds is 7. The van der Waals surface area contributed by atoms with Gasteiger partial charge < -0.3 is 5.32 Å². The van der Waals surface area contributed by atoms with Crippen LogP contribution in [0.3, 0.4) is 0 Å². The van der Waals surface area contributed by atoms with Gasteiger partial charge in [0.15, 0.2) is 10.1 Å². The molecule has 9 heteroatoms. The highest BCUT2D eigenvalue weighted by atomic mass is 35.5. The number of hydrogen-bond acceptors (Lipinski definition) is 6. The van der Waals surface area contributed by atoms with Gasteiger partial charge in [0.2, 0.25) is 11.0 Å². The first kappa shape index (κ1) is 16.9. The van der Waals surface area contributed by atoms with Crippen molar-refractivity contribution in [3.8, 4) is 0 Å². The molecule has 0 aliphatic rings. The molecule has 0 bridgehead atoms. The van der Waals surface area contributed by atoms with E-state index in [2.05, 4.69) is 15.5 Å². The van der Waals surface area contributed by atoms with Crippen LogP contribution in [0, 0.1) is 5.82 Å². The van der Waals surface area contributed by atoms with E-state index in [0.717, 1.165) is 0 Å². The van der Waals surface area contributed by atoms with Crippen LogP contribution in [-0.4, -0.2) is 33.5 Å². The van der Waals surface area contributed by atoms with Crippen LogP contribution in [-0.2, 0) is 4.79 Å². The minimum Gasteiger partial charge on any atom is -0.300 e. The summed E-state index contributed by atoms with van der Waals surface area (Å²) in [5.41, 5.74) is 0.439. The van der Waals surface area contributed by atoms with Crippen molar-refractivity contribution in [3.63, 3.8) is 0 Å². The summed E-state index contributed by atoms with van der Waals surface area (Å²) >= 11 is 7.86. The van der Waals surface area contributed by atoms with Crippen LogP contribution < -0.4 is 5.32 Å². The van der Waals surface area contributed by atoms with E-state index < -0.39 is 0 Å². The van der Waals surface area contributed by atoms with Crippen LogP contribution in [0.25, 0.3) is 0 Å². The Bertz CT molecular complexity index is 664. The maximum atomic E-state index is 12.8. The number of anilines is 1. The van der Waals surface area contributed by atoms with Crippen LogP contribution in [0.15, 0.2) is 28.6 Å². The second-order valence-corrected chi connectivity index (χ2v) is 6.66. The van der Waals surface area contributed by atoms with Crippen molar-refractivity contribution in [1.29, 1.82) is 0 Å². The fourth-order valence-electron chi connectivity index (χ4n) is 1.43. The van der Waals surface area contributed by atoms with Gasteiger partial charge in [0.25, 0.3) is 0 Å². The fraction of sp³-hybridized carbons (Fsp3) is 0.231. The highest BCUT2D eigenvalue weighted by Gasteiger charge is 2.11. The largest absolute Gasteiger partial charge is 0.300 e. The zero-order chi connectivity index (χ0) is 15.9. The van der Waals surface area contributed by atoms with E-state index in [4.69, 9.17) is 11.6 Å². The average Bonchev–Trinajstić information content (AvgIpc) is 2.93. The van der Waals surface area contributed by atoms with Gasteiger partial charge in [-0.25, -0.2) is 4.39 Å². The lowest BCUT2D eigenvalue weighted by Gasteiger charge is -1.99. The Morgan fingerprint density at radius 3 is 2.68 bits per heavy atom. The smallest absolute Gasteiger partial charge is 0.227 e. The van der Waals surface area contributed by atoms with E-state index in [0.29, 0.717) is 15.0 Å². The van der Waals surface area contributed by atoms with Gasteiger partial charge in [-0.15, -0.1) is 21.8 Å². The molecule has 0 radical (unpaired) electrons. The molecule has 1 N–H and O–H groups in total. The van der Waals surface area contributed by atoms with Crippen LogP contribution in [0.1, 0.15) is 16.8 Å². The second-order valence-electron chi connectivity index (χ2n) is 4.08. The molecule has 2 aromatic rings. The molecule has 1 heterocycles. The molecule has 0 spiro atoms. The van der Waals surface area contributed by atoms with E-state index in [9.17, 15) is 14.0 Å². The maximum Gasteiger partial charge on any atom is 0.227 e. The third kappa shape index (κ3) is 5.04. The number of aromatic nitrogens is 2. The molecule has 22 heavy (non-hydrogen) atoms. The minimum absolute atomic E-state index is 0.132. The number of nitrogens with zero attached hydrogens (tertiary/aromatic N) is 2. The Labute approximate surface area is 139 Å². The third-order valence-corrected chi connectivity index (χ3v) is 4.63. The molecular weight excluding hydrogens is 349 g/mol. The first-order valence-electron chi connectivity index (χ1n) is 6.19. The summed E-state index contributed by atoms with van der Waals surface area (Å²) in [5.74, 6) is -0.349. The number of amides is 1. The number of Topliss-reactive ketones (excluding diaryl/α,β-unsaturated/α-hetero) is 1. The second kappa shape index (κ2) is 8.21. The van der Waals surface area contributed by atoms with E-state index in [-0.39, 0.29) is 35.6 Å². The van der Waals surface area contributed by atoms with Crippen LogP contribution >= 0.6 is 34.7 Å². The summed E-state index contributed by atoms with van der Waals surface area (Å²) in [6.45, 7) is 0. The molecule has 0 atom stereocenters. The quantitative estimate of drug-likeness (QED) is 0.355. The van der Waals surface area contributed by atoms with Gasteiger partial charge in [-0.05, 0) is 24.3 Å². The van der Waals surface area contributed by atoms with E-state index in [1.54, 1.807) is 0 Å². The van der Waals surface area contributed by atoms with Crippen LogP contribution in [0.2, 0.25) is 0 Å². The van der Waals surface area contributed by atoms with Crippen molar-refractivity contribution < 1.29 is 14.0 Å². The van der Waals surface area contributed by atoms with Gasteiger partial charge in [-0.3, -0.25) is 9.59 Å². The minimum atomic E-state index is -0.384. The maximum absolute atomic E-state index is 12.8. The van der Waals surface area contributed by atoms with E-state index in [1.807, 2.05) is 0 Å². The summed E-state index contributed by atoms with van der Waals surface area (Å²) in [6, 6.07) is 5.37. The number of ketones is 1. The lowest BCUT2D eigenvalue weighted by atomic mass is 10.1. The van der Waals surface area contributed by atoms with Crippen molar-refractivity contribution in [2.24, 2.45) is 0 Å². The molecule has 0 fully saturated rings. The molecular formula is C13H11ClFN3O2S2. The molecule has 5 nitrogen and oxygen atoms in total. The van der Waals surface area contributed by atoms with Gasteiger partial charge in [0, 0.05) is 17.9 Å². The average molecular weight is 360 g/mol. The summed E-state index contributed by atoms with van der Waals surface area (Å²) in [6.07, 6.45) is 0.201. The number of carbonyl (C=O) groups is 2. The van der Waals surface area contributed by atoms with Crippen molar-refractivity contribution in [3.05, 3.63) is 35.6 Å². The first-order chi connectivity index (χ1) is 10.6. The zero-order valence-corrected chi connectivity index (χ0v) is 13.6. The first-order valence-corrected chi connectivity index (χ1v) is 8.53. The molecule has 0 unspecified atom stereocenters. The van der Waals surface area contributed by atoms with Crippen LogP contribution in [0.5, 0.6) is 0 Å². The Balaban J connectivity index is 1.86. The van der Waals surface area contributed by atoms with Crippen molar-refractivity contribution >= 4 is 51.5 Å². The molecule has 1 aromatic heterocycles. The van der Waals surface area contributed by atoms with Gasteiger partial charge >= 0.3 is 0 Å². The van der Waals surface area contributed by atoms with E-state index >= 15 is 0 Å². The van der Waals surface area contributed by atoms with Gasteiger partial charge in [-0.2, -0.15) is 0 Å². The molecule has 0 aliphatic heterocycles. The molecule has 116 valence electrons. The van der Waals surface area contributed by atoms with E-state index in [1.165, 1.54) is 47.4 Å². The fourth-order valence-corrected chi connectivity index (χ4v) is 3.27. The Morgan fingerprint density at radius 1 is 1.27 bits per heavy atom. The van der Waals surface area contributed by atoms with Gasteiger partial charge in [-0.1, -0.05) is 23.1 Å². The zero-order valence-electron chi connectivity index (χ0n) is 11.2. The van der Waals surface area contributed by atoms with Crippen LogP contribution in [0.4, 0.5) is 9.52 Å². The monoisotopic (exact) mass is 359 g/mol. The number of hydrogen-bond donors (Lipinski definition) is 1. The predicted molar refractivity (Wildman–Crippen MR) is 85.3 cm³/mol. The highest BCUT2D eigenvalue weighted by Crippen LogP contribution is 2.26. The standard InChI is InChI=1S/C13H11ClFN3O2S2/c14-6-5-11(20)16-12-17-18-13(22-12)21-7-10(19)8-1-3-9(15)4-2-8/h1-4H,5-7H2,(H,16,17,20). The number of benzene rings is 1.